The van der Waals surface area contributed by atoms with E-state index in [4.69, 9.17) is 0 Å². The summed E-state index contributed by atoms with van der Waals surface area (Å²) in [7, 11) is 0. The second-order valence-electron chi connectivity index (χ2n) is 4.40. The molecule has 0 saturated carbocycles. The van der Waals surface area contributed by atoms with Crippen molar-refractivity contribution >= 4 is 11.6 Å². The van der Waals surface area contributed by atoms with E-state index in [-0.39, 0.29) is 5.56 Å². The van der Waals surface area contributed by atoms with Crippen molar-refractivity contribution in [1.29, 1.82) is 0 Å². The molecule has 0 fully saturated rings. The fourth-order valence-corrected chi connectivity index (χ4v) is 1.65. The van der Waals surface area contributed by atoms with Gasteiger partial charge >= 0.3 is 6.18 Å². The van der Waals surface area contributed by atoms with Gasteiger partial charge in [0, 0.05) is 11.3 Å². The molecule has 0 aliphatic heterocycles. The van der Waals surface area contributed by atoms with Crippen molar-refractivity contribution in [3.05, 3.63) is 65.2 Å². The minimum absolute atomic E-state index is 0.179. The molecule has 1 N–H and O–H groups in total. The van der Waals surface area contributed by atoms with Crippen LogP contribution < -0.4 is 5.32 Å². The Hall–Kier alpha value is -2.30. The molecule has 5 heteroatoms. The van der Waals surface area contributed by atoms with E-state index >= 15 is 0 Å². The molecule has 0 bridgehead atoms. The number of carbonyl (C=O) groups is 1. The van der Waals surface area contributed by atoms with Crippen LogP contribution in [-0.2, 0) is 6.18 Å². The maximum absolute atomic E-state index is 12.4. The molecule has 0 heterocycles. The van der Waals surface area contributed by atoms with Gasteiger partial charge in [-0.3, -0.25) is 4.79 Å². The number of benzene rings is 2. The molecule has 0 aromatic heterocycles. The maximum atomic E-state index is 12.4. The third kappa shape index (κ3) is 3.38. The number of amides is 1. The smallest absolute Gasteiger partial charge is 0.322 e. The zero-order valence-corrected chi connectivity index (χ0v) is 10.7. The van der Waals surface area contributed by atoms with Gasteiger partial charge < -0.3 is 5.32 Å². The number of hydrogen-bond acceptors (Lipinski definition) is 1. The van der Waals surface area contributed by atoms with E-state index in [0.29, 0.717) is 5.69 Å². The minimum atomic E-state index is -4.40. The Morgan fingerprint density at radius 1 is 0.950 bits per heavy atom. The fraction of sp³-hybridized carbons (Fsp3) is 0.133. The average molecular weight is 279 g/mol. The molecule has 0 saturated heterocycles. The molecule has 2 rings (SSSR count). The Morgan fingerprint density at radius 3 is 2.00 bits per heavy atom. The highest BCUT2D eigenvalue weighted by Crippen LogP contribution is 2.29. The third-order valence-electron chi connectivity index (χ3n) is 2.78. The fourth-order valence-electron chi connectivity index (χ4n) is 1.65. The number of carbonyl (C=O) groups excluding carboxylic acids is 1. The van der Waals surface area contributed by atoms with Crippen molar-refractivity contribution < 1.29 is 18.0 Å². The lowest BCUT2D eigenvalue weighted by Crippen LogP contribution is -2.12. The summed E-state index contributed by atoms with van der Waals surface area (Å²) in [6.07, 6.45) is -4.40. The van der Waals surface area contributed by atoms with Crippen LogP contribution in [0.15, 0.2) is 48.5 Å². The molecule has 104 valence electrons. The van der Waals surface area contributed by atoms with Crippen LogP contribution >= 0.6 is 0 Å². The number of nitrogens with one attached hydrogen (secondary N) is 1. The lowest BCUT2D eigenvalue weighted by Gasteiger charge is -2.08. The monoisotopic (exact) mass is 279 g/mol. The Morgan fingerprint density at radius 2 is 1.50 bits per heavy atom. The van der Waals surface area contributed by atoms with Gasteiger partial charge in [0.15, 0.2) is 0 Å². The van der Waals surface area contributed by atoms with Crippen LogP contribution in [0.1, 0.15) is 21.5 Å². The quantitative estimate of drug-likeness (QED) is 0.874. The van der Waals surface area contributed by atoms with Gasteiger partial charge in [-0.2, -0.15) is 13.2 Å². The zero-order valence-electron chi connectivity index (χ0n) is 10.7. The standard InChI is InChI=1S/C15H12F3NO/c1-10-2-8-13(9-3-10)19-14(20)11-4-6-12(7-5-11)15(16,17)18/h2-9H,1H3,(H,19,20). The van der Waals surface area contributed by atoms with Gasteiger partial charge in [0.05, 0.1) is 5.56 Å². The predicted molar refractivity (Wildman–Crippen MR) is 70.6 cm³/mol. The summed E-state index contributed by atoms with van der Waals surface area (Å²) in [5, 5.41) is 2.62. The van der Waals surface area contributed by atoms with Gasteiger partial charge in [0.2, 0.25) is 0 Å². The molecule has 2 aromatic carbocycles. The summed E-state index contributed by atoms with van der Waals surface area (Å²) >= 11 is 0. The third-order valence-corrected chi connectivity index (χ3v) is 2.78. The van der Waals surface area contributed by atoms with Crippen molar-refractivity contribution in [3.8, 4) is 0 Å². The summed E-state index contributed by atoms with van der Waals surface area (Å²) in [5.41, 5.74) is 1.06. The SMILES string of the molecule is Cc1ccc(NC(=O)c2ccc(C(F)(F)F)cc2)cc1. The van der Waals surface area contributed by atoms with Gasteiger partial charge in [-0.15, -0.1) is 0 Å². The Balaban J connectivity index is 2.11. The van der Waals surface area contributed by atoms with E-state index in [0.717, 1.165) is 29.8 Å². The molecule has 20 heavy (non-hydrogen) atoms. The van der Waals surface area contributed by atoms with E-state index in [9.17, 15) is 18.0 Å². The molecule has 0 radical (unpaired) electrons. The first-order chi connectivity index (χ1) is 9.36. The van der Waals surface area contributed by atoms with Crippen molar-refractivity contribution in [2.75, 3.05) is 5.32 Å². The highest BCUT2D eigenvalue weighted by Gasteiger charge is 2.30. The zero-order chi connectivity index (χ0) is 14.8. The Labute approximate surface area is 114 Å². The molecular weight excluding hydrogens is 267 g/mol. The second-order valence-corrected chi connectivity index (χ2v) is 4.40. The number of halogens is 3. The van der Waals surface area contributed by atoms with Crippen LogP contribution in [-0.4, -0.2) is 5.91 Å². The summed E-state index contributed by atoms with van der Waals surface area (Å²) in [4.78, 5) is 11.9. The minimum Gasteiger partial charge on any atom is -0.322 e. The summed E-state index contributed by atoms with van der Waals surface area (Å²) in [6.45, 7) is 1.92. The summed E-state index contributed by atoms with van der Waals surface area (Å²) in [6, 6.07) is 11.2. The van der Waals surface area contributed by atoms with E-state index in [1.54, 1.807) is 12.1 Å². The van der Waals surface area contributed by atoms with E-state index < -0.39 is 17.6 Å². The van der Waals surface area contributed by atoms with E-state index in [2.05, 4.69) is 5.32 Å². The Bertz CT molecular complexity index is 601. The van der Waals surface area contributed by atoms with Gasteiger partial charge in [-0.05, 0) is 43.3 Å². The van der Waals surface area contributed by atoms with E-state index in [1.165, 1.54) is 0 Å². The number of anilines is 1. The number of aryl methyl sites for hydroxylation is 1. The van der Waals surface area contributed by atoms with Gasteiger partial charge in [0.1, 0.15) is 0 Å². The molecular formula is C15H12F3NO. The molecule has 1 amide bonds. The Kier molecular flexibility index (Phi) is 3.79. The highest BCUT2D eigenvalue weighted by molar-refractivity contribution is 6.04. The lowest BCUT2D eigenvalue weighted by molar-refractivity contribution is -0.137. The van der Waals surface area contributed by atoms with Crippen LogP contribution in [0.5, 0.6) is 0 Å². The topological polar surface area (TPSA) is 29.1 Å². The number of hydrogen-bond donors (Lipinski definition) is 1. The van der Waals surface area contributed by atoms with Crippen molar-refractivity contribution in [3.63, 3.8) is 0 Å². The molecule has 0 aliphatic carbocycles. The first-order valence-corrected chi connectivity index (χ1v) is 5.91. The molecule has 0 aliphatic rings. The summed E-state index contributed by atoms with van der Waals surface area (Å²) in [5.74, 6) is -0.442. The maximum Gasteiger partial charge on any atom is 0.416 e. The van der Waals surface area contributed by atoms with Crippen molar-refractivity contribution in [2.45, 2.75) is 13.1 Å². The number of alkyl halides is 3. The molecule has 0 unspecified atom stereocenters. The second kappa shape index (κ2) is 5.36. The van der Waals surface area contributed by atoms with E-state index in [1.807, 2.05) is 19.1 Å². The van der Waals surface area contributed by atoms with Crippen molar-refractivity contribution in [2.24, 2.45) is 0 Å². The first kappa shape index (κ1) is 14.1. The molecule has 0 atom stereocenters. The molecule has 0 spiro atoms. The highest BCUT2D eigenvalue weighted by atomic mass is 19.4. The number of rotatable bonds is 2. The molecule has 2 nitrogen and oxygen atoms in total. The lowest BCUT2D eigenvalue weighted by atomic mass is 10.1. The van der Waals surface area contributed by atoms with Crippen LogP contribution in [0.3, 0.4) is 0 Å². The molecule has 2 aromatic rings. The normalized spacial score (nSPS) is 11.2. The van der Waals surface area contributed by atoms with Gasteiger partial charge in [-0.25, -0.2) is 0 Å². The predicted octanol–water partition coefficient (Wildman–Crippen LogP) is 4.27. The summed E-state index contributed by atoms with van der Waals surface area (Å²) < 4.78 is 37.2. The van der Waals surface area contributed by atoms with Crippen molar-refractivity contribution in [1.82, 2.24) is 0 Å². The van der Waals surface area contributed by atoms with Crippen LogP contribution in [0.4, 0.5) is 18.9 Å². The van der Waals surface area contributed by atoms with Gasteiger partial charge in [0.25, 0.3) is 5.91 Å². The van der Waals surface area contributed by atoms with Crippen LogP contribution in [0, 0.1) is 6.92 Å². The first-order valence-electron chi connectivity index (χ1n) is 5.91. The largest absolute Gasteiger partial charge is 0.416 e. The van der Waals surface area contributed by atoms with Gasteiger partial charge in [-0.1, -0.05) is 17.7 Å². The average Bonchev–Trinajstić information content (AvgIpc) is 2.40. The van der Waals surface area contributed by atoms with Crippen LogP contribution in [0.2, 0.25) is 0 Å². The van der Waals surface area contributed by atoms with Crippen LogP contribution in [0.25, 0.3) is 0 Å².